The minimum Gasteiger partial charge on any atom is -0.348 e. The average molecular weight is 208 g/mol. The van der Waals surface area contributed by atoms with Crippen molar-refractivity contribution in [3.8, 4) is 11.8 Å². The molecule has 0 amide bonds. The lowest BCUT2D eigenvalue weighted by Crippen LogP contribution is -2.21. The van der Waals surface area contributed by atoms with E-state index in [9.17, 15) is 0 Å². The van der Waals surface area contributed by atoms with Crippen LogP contribution >= 0.6 is 0 Å². The fraction of sp³-hybridized carbons (Fsp3) is 0.846. The van der Waals surface area contributed by atoms with Crippen molar-refractivity contribution in [2.24, 2.45) is 5.92 Å². The van der Waals surface area contributed by atoms with Crippen LogP contribution in [0.2, 0.25) is 0 Å². The van der Waals surface area contributed by atoms with Crippen LogP contribution in [0.1, 0.15) is 46.0 Å². The van der Waals surface area contributed by atoms with Gasteiger partial charge in [-0.1, -0.05) is 0 Å². The topological polar surface area (TPSA) is 18.5 Å². The first kappa shape index (κ1) is 11.0. The third-order valence-corrected chi connectivity index (χ3v) is 2.87. The molecule has 1 saturated carbocycles. The van der Waals surface area contributed by atoms with Crippen LogP contribution in [0.15, 0.2) is 0 Å². The minimum absolute atomic E-state index is 0.246. The van der Waals surface area contributed by atoms with Crippen molar-refractivity contribution in [1.29, 1.82) is 0 Å². The summed E-state index contributed by atoms with van der Waals surface area (Å²) >= 11 is 0. The maximum absolute atomic E-state index is 5.70. The third-order valence-electron chi connectivity index (χ3n) is 2.87. The Bertz CT molecular complexity index is 268. The van der Waals surface area contributed by atoms with Gasteiger partial charge in [0.2, 0.25) is 0 Å². The van der Waals surface area contributed by atoms with E-state index in [-0.39, 0.29) is 11.9 Å². The molecule has 84 valence electrons. The van der Waals surface area contributed by atoms with E-state index in [1.807, 2.05) is 13.8 Å². The molecule has 0 N–H and O–H groups in total. The SMILES string of the molecule is CC1(C)OCC(CCC#CCC2CC2)O1. The lowest BCUT2D eigenvalue weighted by molar-refractivity contribution is -0.138. The molecule has 1 atom stereocenters. The van der Waals surface area contributed by atoms with Gasteiger partial charge in [0.05, 0.1) is 12.7 Å². The highest BCUT2D eigenvalue weighted by atomic mass is 16.7. The first-order valence-electron chi connectivity index (χ1n) is 5.93. The lowest BCUT2D eigenvalue weighted by Gasteiger charge is -2.16. The maximum Gasteiger partial charge on any atom is 0.163 e. The number of hydrogen-bond acceptors (Lipinski definition) is 2. The average Bonchev–Trinajstić information content (AvgIpc) is 2.91. The van der Waals surface area contributed by atoms with Gasteiger partial charge in [-0.3, -0.25) is 0 Å². The van der Waals surface area contributed by atoms with E-state index in [0.29, 0.717) is 0 Å². The van der Waals surface area contributed by atoms with E-state index in [0.717, 1.165) is 31.8 Å². The Labute approximate surface area is 92.3 Å². The molecule has 0 bridgehead atoms. The fourth-order valence-electron chi connectivity index (χ4n) is 1.77. The van der Waals surface area contributed by atoms with Crippen LogP contribution < -0.4 is 0 Å². The monoisotopic (exact) mass is 208 g/mol. The van der Waals surface area contributed by atoms with Gasteiger partial charge in [-0.15, -0.1) is 11.8 Å². The van der Waals surface area contributed by atoms with Gasteiger partial charge in [0.25, 0.3) is 0 Å². The smallest absolute Gasteiger partial charge is 0.163 e. The van der Waals surface area contributed by atoms with E-state index in [4.69, 9.17) is 9.47 Å². The standard InChI is InChI=1S/C13H20O2/c1-13(2)14-10-12(15-13)7-5-3-4-6-11-8-9-11/h11-12H,5-10H2,1-2H3. The van der Waals surface area contributed by atoms with Crippen LogP contribution in [0.4, 0.5) is 0 Å². The van der Waals surface area contributed by atoms with Crippen molar-refractivity contribution in [1.82, 2.24) is 0 Å². The summed E-state index contributed by atoms with van der Waals surface area (Å²) in [6.07, 6.45) is 6.08. The van der Waals surface area contributed by atoms with E-state index in [1.165, 1.54) is 12.8 Å². The molecule has 1 aliphatic heterocycles. The highest BCUT2D eigenvalue weighted by Gasteiger charge is 2.31. The second-order valence-electron chi connectivity index (χ2n) is 4.99. The molecule has 0 radical (unpaired) electrons. The first-order valence-corrected chi connectivity index (χ1v) is 5.93. The highest BCUT2D eigenvalue weighted by Crippen LogP contribution is 2.31. The van der Waals surface area contributed by atoms with Crippen LogP contribution in [-0.2, 0) is 9.47 Å². The van der Waals surface area contributed by atoms with Gasteiger partial charge in [-0.25, -0.2) is 0 Å². The minimum atomic E-state index is -0.383. The summed E-state index contributed by atoms with van der Waals surface area (Å²) in [5, 5.41) is 0. The fourth-order valence-corrected chi connectivity index (χ4v) is 1.77. The second-order valence-corrected chi connectivity index (χ2v) is 4.99. The normalized spacial score (nSPS) is 28.5. The van der Waals surface area contributed by atoms with Gasteiger partial charge in [0, 0.05) is 12.8 Å². The molecule has 2 rings (SSSR count). The van der Waals surface area contributed by atoms with Crippen LogP contribution in [0.3, 0.4) is 0 Å². The molecule has 2 nitrogen and oxygen atoms in total. The summed E-state index contributed by atoms with van der Waals surface area (Å²) < 4.78 is 11.2. The molecule has 2 fully saturated rings. The Morgan fingerprint density at radius 3 is 2.67 bits per heavy atom. The predicted molar refractivity (Wildman–Crippen MR) is 59.3 cm³/mol. The zero-order valence-electron chi connectivity index (χ0n) is 9.71. The predicted octanol–water partition coefficient (Wildman–Crippen LogP) is 2.72. The largest absolute Gasteiger partial charge is 0.348 e. The number of hydrogen-bond donors (Lipinski definition) is 0. The van der Waals surface area contributed by atoms with Crippen molar-refractivity contribution in [3.63, 3.8) is 0 Å². The molecule has 1 unspecified atom stereocenters. The molecule has 0 aromatic heterocycles. The zero-order chi connectivity index (χ0) is 10.7. The molecule has 0 aromatic rings. The van der Waals surface area contributed by atoms with E-state index < -0.39 is 0 Å². The van der Waals surface area contributed by atoms with Crippen molar-refractivity contribution in [3.05, 3.63) is 0 Å². The Kier molecular flexibility index (Phi) is 3.33. The van der Waals surface area contributed by atoms with Gasteiger partial charge in [-0.05, 0) is 39.0 Å². The van der Waals surface area contributed by atoms with E-state index >= 15 is 0 Å². The molecule has 2 heteroatoms. The van der Waals surface area contributed by atoms with Gasteiger partial charge < -0.3 is 9.47 Å². The molecule has 1 heterocycles. The summed E-state index contributed by atoms with van der Waals surface area (Å²) in [6, 6.07) is 0. The van der Waals surface area contributed by atoms with E-state index in [2.05, 4.69) is 11.8 Å². The van der Waals surface area contributed by atoms with Crippen LogP contribution in [0.25, 0.3) is 0 Å². The van der Waals surface area contributed by atoms with Crippen molar-refractivity contribution in [2.75, 3.05) is 6.61 Å². The highest BCUT2D eigenvalue weighted by molar-refractivity contribution is 5.02. The van der Waals surface area contributed by atoms with Crippen molar-refractivity contribution in [2.45, 2.75) is 57.8 Å². The summed E-state index contributed by atoms with van der Waals surface area (Å²) in [5.74, 6) is 7.01. The van der Waals surface area contributed by atoms with Crippen LogP contribution in [-0.4, -0.2) is 18.5 Å². The second kappa shape index (κ2) is 4.55. The van der Waals surface area contributed by atoms with Crippen LogP contribution in [0.5, 0.6) is 0 Å². The van der Waals surface area contributed by atoms with Crippen molar-refractivity contribution >= 4 is 0 Å². The quantitative estimate of drug-likeness (QED) is 0.664. The first-order chi connectivity index (χ1) is 7.16. The Balaban J connectivity index is 1.58. The molecule has 1 saturated heterocycles. The van der Waals surface area contributed by atoms with Crippen LogP contribution in [0, 0.1) is 17.8 Å². The van der Waals surface area contributed by atoms with E-state index in [1.54, 1.807) is 0 Å². The molecular weight excluding hydrogens is 188 g/mol. The summed E-state index contributed by atoms with van der Waals surface area (Å²) in [6.45, 7) is 4.65. The summed E-state index contributed by atoms with van der Waals surface area (Å²) in [5.41, 5.74) is 0. The summed E-state index contributed by atoms with van der Waals surface area (Å²) in [7, 11) is 0. The molecule has 0 spiro atoms. The lowest BCUT2D eigenvalue weighted by atomic mass is 10.2. The van der Waals surface area contributed by atoms with Crippen molar-refractivity contribution < 1.29 is 9.47 Å². The Hall–Kier alpha value is -0.520. The molecule has 0 aromatic carbocycles. The van der Waals surface area contributed by atoms with Gasteiger partial charge >= 0.3 is 0 Å². The number of ether oxygens (including phenoxy) is 2. The molecule has 1 aliphatic carbocycles. The third kappa shape index (κ3) is 3.85. The molecule has 2 aliphatic rings. The zero-order valence-corrected chi connectivity index (χ0v) is 9.71. The summed E-state index contributed by atoms with van der Waals surface area (Å²) in [4.78, 5) is 0. The van der Waals surface area contributed by atoms with Gasteiger partial charge in [-0.2, -0.15) is 0 Å². The molecular formula is C13H20O2. The molecule has 15 heavy (non-hydrogen) atoms. The number of rotatable bonds is 3. The van der Waals surface area contributed by atoms with Gasteiger partial charge in [0.15, 0.2) is 5.79 Å². The van der Waals surface area contributed by atoms with Gasteiger partial charge in [0.1, 0.15) is 0 Å². The Morgan fingerprint density at radius 1 is 1.27 bits per heavy atom. The Morgan fingerprint density at radius 2 is 2.07 bits per heavy atom. The maximum atomic E-state index is 5.70.